The van der Waals surface area contributed by atoms with Crippen molar-refractivity contribution in [3.05, 3.63) is 22.8 Å². The molecule has 1 aromatic heterocycles. The average Bonchev–Trinajstić information content (AvgIpc) is 2.34. The summed E-state index contributed by atoms with van der Waals surface area (Å²) in [5, 5.41) is 12.2. The molecule has 1 aliphatic heterocycles. The largest absolute Gasteiger partial charge is 0.409 e. The van der Waals surface area contributed by atoms with Crippen LogP contribution in [0.5, 0.6) is 0 Å². The lowest BCUT2D eigenvalue weighted by Gasteiger charge is -2.47. The maximum atomic E-state index is 8.83. The van der Waals surface area contributed by atoms with E-state index in [1.807, 2.05) is 27.7 Å². The lowest BCUT2D eigenvalue weighted by molar-refractivity contribution is -0.133. The normalized spacial score (nSPS) is 21.4. The van der Waals surface area contributed by atoms with Gasteiger partial charge in [-0.3, -0.25) is 0 Å². The molecule has 2 heterocycles. The van der Waals surface area contributed by atoms with Crippen LogP contribution in [0.1, 0.15) is 33.3 Å². The Kier molecular flexibility index (Phi) is 4.04. The minimum absolute atomic E-state index is 0.0320. The molecule has 1 aromatic rings. The molecule has 0 bridgehead atoms. The number of halogens is 1. The Hall–Kier alpha value is -1.53. The summed E-state index contributed by atoms with van der Waals surface area (Å²) in [7, 11) is 0. The molecule has 0 radical (unpaired) electrons. The van der Waals surface area contributed by atoms with Gasteiger partial charge < -0.3 is 20.6 Å². The van der Waals surface area contributed by atoms with Gasteiger partial charge in [-0.15, -0.1) is 0 Å². The second-order valence-corrected chi connectivity index (χ2v) is 6.84. The van der Waals surface area contributed by atoms with E-state index in [1.54, 1.807) is 12.3 Å². The third-order valence-electron chi connectivity index (χ3n) is 3.25. The fraction of sp³-hybridized carbons (Fsp3) is 0.571. The van der Waals surface area contributed by atoms with E-state index in [9.17, 15) is 0 Å². The Bertz CT molecular complexity index is 556. The molecule has 0 unspecified atom stereocenters. The maximum Gasteiger partial charge on any atom is 0.171 e. The number of morpholine rings is 1. The zero-order valence-corrected chi connectivity index (χ0v) is 13.5. The topological polar surface area (TPSA) is 84.0 Å². The highest BCUT2D eigenvalue weighted by molar-refractivity contribution is 6.36. The summed E-state index contributed by atoms with van der Waals surface area (Å²) in [6, 6.07) is 1.62. The van der Waals surface area contributed by atoms with Crippen molar-refractivity contribution in [3.63, 3.8) is 0 Å². The predicted molar refractivity (Wildman–Crippen MR) is 83.2 cm³/mol. The van der Waals surface area contributed by atoms with Gasteiger partial charge in [-0.2, -0.15) is 0 Å². The molecule has 0 saturated carbocycles. The van der Waals surface area contributed by atoms with E-state index in [1.165, 1.54) is 0 Å². The molecule has 0 spiro atoms. The molecule has 0 aromatic carbocycles. The summed E-state index contributed by atoms with van der Waals surface area (Å²) in [6.45, 7) is 9.43. The first-order valence-electron chi connectivity index (χ1n) is 6.73. The summed E-state index contributed by atoms with van der Waals surface area (Å²) >= 11 is 6.39. The highest BCUT2D eigenvalue weighted by Crippen LogP contribution is 2.34. The number of anilines is 1. The molecule has 3 N–H and O–H groups in total. The number of ether oxygens (including phenoxy) is 1. The molecule has 0 amide bonds. The number of nitrogens with zero attached hydrogens (tertiary/aromatic N) is 3. The van der Waals surface area contributed by atoms with Gasteiger partial charge in [0.25, 0.3) is 0 Å². The Morgan fingerprint density at radius 1 is 1.38 bits per heavy atom. The summed E-state index contributed by atoms with van der Waals surface area (Å²) in [6.07, 6.45) is 1.60. The SMILES string of the molecule is CC1(C)CN(c2nccc(/C(N)=N/O)c2Cl)CC(C)(C)O1. The van der Waals surface area contributed by atoms with Gasteiger partial charge in [-0.1, -0.05) is 16.8 Å². The standard InChI is InChI=1S/C14H21ClN4O2/c1-13(2)7-19(8-14(3,4)21-13)12-10(15)9(5-6-17-12)11(16)18-20/h5-6,20H,7-8H2,1-4H3,(H2,16,18). The molecular formula is C14H21ClN4O2. The predicted octanol–water partition coefficient (Wildman–Crippen LogP) is 2.22. The number of aromatic nitrogens is 1. The molecular weight excluding hydrogens is 292 g/mol. The van der Waals surface area contributed by atoms with Gasteiger partial charge in [-0.25, -0.2) is 4.98 Å². The van der Waals surface area contributed by atoms with Crippen LogP contribution in [0.3, 0.4) is 0 Å². The number of hydrogen-bond acceptors (Lipinski definition) is 5. The fourth-order valence-electron chi connectivity index (χ4n) is 2.84. The molecule has 7 heteroatoms. The Morgan fingerprint density at radius 2 is 1.95 bits per heavy atom. The van der Waals surface area contributed by atoms with E-state index < -0.39 is 0 Å². The number of nitrogens with two attached hydrogens (primary N) is 1. The third kappa shape index (κ3) is 3.39. The van der Waals surface area contributed by atoms with Crippen LogP contribution in [-0.2, 0) is 4.74 Å². The van der Waals surface area contributed by atoms with Crippen molar-refractivity contribution in [2.45, 2.75) is 38.9 Å². The first kappa shape index (κ1) is 15.9. The first-order valence-corrected chi connectivity index (χ1v) is 7.10. The molecule has 116 valence electrons. The average molecular weight is 313 g/mol. The lowest BCUT2D eigenvalue weighted by Crippen LogP contribution is -2.57. The van der Waals surface area contributed by atoms with Crippen LogP contribution < -0.4 is 10.6 Å². The van der Waals surface area contributed by atoms with Crippen LogP contribution >= 0.6 is 11.6 Å². The Morgan fingerprint density at radius 3 is 2.48 bits per heavy atom. The molecule has 1 aliphatic rings. The van der Waals surface area contributed by atoms with E-state index in [-0.39, 0.29) is 17.0 Å². The second-order valence-electron chi connectivity index (χ2n) is 6.46. The number of oxime groups is 1. The first-order chi connectivity index (χ1) is 9.65. The van der Waals surface area contributed by atoms with E-state index in [2.05, 4.69) is 15.0 Å². The molecule has 6 nitrogen and oxygen atoms in total. The summed E-state index contributed by atoms with van der Waals surface area (Å²) < 4.78 is 6.05. The monoisotopic (exact) mass is 312 g/mol. The van der Waals surface area contributed by atoms with E-state index in [4.69, 9.17) is 27.3 Å². The van der Waals surface area contributed by atoms with E-state index in [0.29, 0.717) is 29.5 Å². The highest BCUT2D eigenvalue weighted by atomic mass is 35.5. The Labute approximate surface area is 129 Å². The maximum absolute atomic E-state index is 8.83. The number of pyridine rings is 1. The fourth-order valence-corrected chi connectivity index (χ4v) is 3.17. The molecule has 1 fully saturated rings. The van der Waals surface area contributed by atoms with Crippen LogP contribution in [-0.4, -0.2) is 40.3 Å². The van der Waals surface area contributed by atoms with Crippen LogP contribution in [0, 0.1) is 0 Å². The van der Waals surface area contributed by atoms with Crippen LogP contribution in [0.25, 0.3) is 0 Å². The quantitative estimate of drug-likeness (QED) is 0.378. The van der Waals surface area contributed by atoms with Gasteiger partial charge >= 0.3 is 0 Å². The van der Waals surface area contributed by atoms with Crippen molar-refractivity contribution >= 4 is 23.3 Å². The van der Waals surface area contributed by atoms with Crippen molar-refractivity contribution < 1.29 is 9.94 Å². The lowest BCUT2D eigenvalue weighted by atomic mass is 9.99. The van der Waals surface area contributed by atoms with E-state index >= 15 is 0 Å². The summed E-state index contributed by atoms with van der Waals surface area (Å²) in [5.41, 5.74) is 5.47. The molecule has 21 heavy (non-hydrogen) atoms. The molecule has 0 aliphatic carbocycles. The highest BCUT2D eigenvalue weighted by Gasteiger charge is 2.39. The van der Waals surface area contributed by atoms with Crippen molar-refractivity contribution in [1.82, 2.24) is 4.98 Å². The summed E-state index contributed by atoms with van der Waals surface area (Å²) in [4.78, 5) is 6.43. The zero-order chi connectivity index (χ0) is 15.8. The van der Waals surface area contributed by atoms with Gasteiger partial charge in [0, 0.05) is 24.8 Å². The van der Waals surface area contributed by atoms with E-state index in [0.717, 1.165) is 0 Å². The number of rotatable bonds is 2. The van der Waals surface area contributed by atoms with Crippen LogP contribution in [0.2, 0.25) is 5.02 Å². The van der Waals surface area contributed by atoms with Gasteiger partial charge in [0.15, 0.2) is 5.84 Å². The van der Waals surface area contributed by atoms with Crippen molar-refractivity contribution in [3.8, 4) is 0 Å². The molecule has 2 rings (SSSR count). The van der Waals surface area contributed by atoms with Gasteiger partial charge in [0.1, 0.15) is 5.82 Å². The summed E-state index contributed by atoms with van der Waals surface area (Å²) in [5.74, 6) is 0.584. The number of hydrogen-bond donors (Lipinski definition) is 2. The second kappa shape index (κ2) is 5.35. The van der Waals surface area contributed by atoms with Crippen LogP contribution in [0.4, 0.5) is 5.82 Å². The molecule has 1 saturated heterocycles. The van der Waals surface area contributed by atoms with Gasteiger partial charge in [0.2, 0.25) is 0 Å². The Balaban J connectivity index is 2.42. The minimum Gasteiger partial charge on any atom is -0.409 e. The molecule has 0 atom stereocenters. The minimum atomic E-state index is -0.320. The van der Waals surface area contributed by atoms with Crippen molar-refractivity contribution in [2.24, 2.45) is 10.9 Å². The number of amidine groups is 1. The smallest absolute Gasteiger partial charge is 0.171 e. The van der Waals surface area contributed by atoms with Gasteiger partial charge in [-0.05, 0) is 33.8 Å². The van der Waals surface area contributed by atoms with Crippen molar-refractivity contribution in [2.75, 3.05) is 18.0 Å². The van der Waals surface area contributed by atoms with Crippen LogP contribution in [0.15, 0.2) is 17.4 Å². The third-order valence-corrected chi connectivity index (χ3v) is 3.62. The zero-order valence-electron chi connectivity index (χ0n) is 12.7. The van der Waals surface area contributed by atoms with Gasteiger partial charge in [0.05, 0.1) is 16.2 Å². The van der Waals surface area contributed by atoms with Crippen molar-refractivity contribution in [1.29, 1.82) is 0 Å².